The van der Waals surface area contributed by atoms with E-state index < -0.39 is 18.5 Å². The minimum absolute atomic E-state index is 0.0568. The first-order valence-corrected chi connectivity index (χ1v) is 6.47. The highest BCUT2D eigenvalue weighted by Crippen LogP contribution is 2.27. The Hall–Kier alpha value is -1.21. The van der Waals surface area contributed by atoms with Gasteiger partial charge in [0, 0.05) is 12.2 Å². The fraction of sp³-hybridized carbons (Fsp3) is 0.462. The molecule has 0 aromatic heterocycles. The van der Waals surface area contributed by atoms with E-state index in [1.165, 1.54) is 0 Å². The van der Waals surface area contributed by atoms with E-state index in [1.54, 1.807) is 0 Å². The maximum atomic E-state index is 10.1. The Balaban J connectivity index is 1.59. The van der Waals surface area contributed by atoms with Gasteiger partial charge < -0.3 is 24.1 Å². The monoisotopic (exact) mass is 282 g/mol. The van der Waals surface area contributed by atoms with Gasteiger partial charge in [-0.05, 0) is 5.56 Å². The van der Waals surface area contributed by atoms with E-state index >= 15 is 0 Å². The lowest BCUT2D eigenvalue weighted by Crippen LogP contribution is -2.52. The average Bonchev–Trinajstić information content (AvgIpc) is 2.81. The van der Waals surface area contributed by atoms with Crippen LogP contribution in [0.15, 0.2) is 30.3 Å². The second kappa shape index (κ2) is 5.42. The van der Waals surface area contributed by atoms with Gasteiger partial charge in [-0.25, -0.2) is 0 Å². The molecule has 0 saturated carbocycles. The number of aliphatic hydroxyl groups is 1. The van der Waals surface area contributed by atoms with Gasteiger partial charge in [0.05, 0.1) is 13.2 Å². The lowest BCUT2D eigenvalue weighted by atomic mass is 10.1. The van der Waals surface area contributed by atoms with Gasteiger partial charge >= 0.3 is 5.24 Å². The van der Waals surface area contributed by atoms with Crippen LogP contribution in [0.1, 0.15) is 5.56 Å². The molecule has 0 radical (unpaired) electrons. The van der Waals surface area contributed by atoms with Crippen molar-refractivity contribution >= 4 is 17.5 Å². The molecule has 1 N–H and O–H groups in total. The van der Waals surface area contributed by atoms with E-state index in [0.29, 0.717) is 13.2 Å². The third-order valence-corrected chi connectivity index (χ3v) is 3.34. The van der Waals surface area contributed by atoms with Crippen LogP contribution >= 0.6 is 12.2 Å². The molecule has 2 fully saturated rings. The zero-order valence-electron chi connectivity index (χ0n) is 10.1. The first kappa shape index (κ1) is 12.8. The summed E-state index contributed by atoms with van der Waals surface area (Å²) in [6.07, 6.45) is -2.50. The molecule has 102 valence electrons. The molecule has 6 heteroatoms. The lowest BCUT2D eigenvalue weighted by molar-refractivity contribution is -0.254. The van der Waals surface area contributed by atoms with Crippen LogP contribution in [-0.2, 0) is 25.6 Å². The van der Waals surface area contributed by atoms with Gasteiger partial charge in [0.25, 0.3) is 0 Å². The molecule has 0 unspecified atom stereocenters. The van der Waals surface area contributed by atoms with Gasteiger partial charge in [-0.3, -0.25) is 0 Å². The third-order valence-electron chi connectivity index (χ3n) is 3.14. The van der Waals surface area contributed by atoms with Crippen molar-refractivity contribution in [2.75, 3.05) is 6.61 Å². The molecular weight excluding hydrogens is 268 g/mol. The summed E-state index contributed by atoms with van der Waals surface area (Å²) in [6.45, 7) is 0.659. The molecule has 0 bridgehead atoms. The fourth-order valence-corrected chi connectivity index (χ4v) is 2.40. The zero-order valence-corrected chi connectivity index (χ0v) is 10.9. The Morgan fingerprint density at radius 2 is 2.05 bits per heavy atom. The van der Waals surface area contributed by atoms with Crippen LogP contribution in [-0.4, -0.2) is 41.6 Å². The number of thiocarbonyl (C=S) groups is 1. The molecule has 0 aliphatic carbocycles. The number of benzene rings is 1. The van der Waals surface area contributed by atoms with Crippen molar-refractivity contribution < 1.29 is 24.1 Å². The summed E-state index contributed by atoms with van der Waals surface area (Å²) in [5.41, 5.74) is 1.01. The predicted molar refractivity (Wildman–Crippen MR) is 69.3 cm³/mol. The quantitative estimate of drug-likeness (QED) is 0.834. The SMILES string of the molecule is O[C@H]1[C@@H](OCc2ccccc2)OC[C@@H]2OC(=S)O[C@H]12. The molecule has 3 rings (SSSR count). The highest BCUT2D eigenvalue weighted by molar-refractivity contribution is 7.79. The Bertz CT molecular complexity index is 452. The van der Waals surface area contributed by atoms with Crippen molar-refractivity contribution in [3.05, 3.63) is 35.9 Å². The minimum atomic E-state index is -0.914. The summed E-state index contributed by atoms with van der Waals surface area (Å²) in [6, 6.07) is 9.69. The molecule has 1 aromatic rings. The number of hydrogen-bond acceptors (Lipinski definition) is 6. The highest BCUT2D eigenvalue weighted by Gasteiger charge is 2.48. The van der Waals surface area contributed by atoms with Gasteiger partial charge in [0.1, 0.15) is 6.10 Å². The van der Waals surface area contributed by atoms with Gasteiger partial charge in [0.15, 0.2) is 18.5 Å². The van der Waals surface area contributed by atoms with E-state index in [-0.39, 0.29) is 11.3 Å². The normalized spacial score (nSPS) is 33.4. The van der Waals surface area contributed by atoms with Crippen molar-refractivity contribution in [1.82, 2.24) is 0 Å². The largest absolute Gasteiger partial charge is 0.447 e. The zero-order chi connectivity index (χ0) is 13.2. The van der Waals surface area contributed by atoms with Gasteiger partial charge in [-0.1, -0.05) is 30.3 Å². The van der Waals surface area contributed by atoms with Crippen molar-refractivity contribution in [2.24, 2.45) is 0 Å². The smallest absolute Gasteiger partial charge is 0.353 e. The van der Waals surface area contributed by atoms with E-state index in [2.05, 4.69) is 0 Å². The van der Waals surface area contributed by atoms with Crippen LogP contribution in [0.5, 0.6) is 0 Å². The molecule has 0 spiro atoms. The van der Waals surface area contributed by atoms with Crippen LogP contribution in [0, 0.1) is 0 Å². The fourth-order valence-electron chi connectivity index (χ4n) is 2.17. The first-order valence-electron chi connectivity index (χ1n) is 6.06. The van der Waals surface area contributed by atoms with E-state index in [1.807, 2.05) is 30.3 Å². The maximum Gasteiger partial charge on any atom is 0.353 e. The van der Waals surface area contributed by atoms with E-state index in [4.69, 9.17) is 31.2 Å². The van der Waals surface area contributed by atoms with Crippen molar-refractivity contribution in [3.8, 4) is 0 Å². The number of rotatable bonds is 3. The third kappa shape index (κ3) is 2.71. The van der Waals surface area contributed by atoms with Crippen molar-refractivity contribution in [1.29, 1.82) is 0 Å². The first-order chi connectivity index (χ1) is 9.24. The summed E-state index contributed by atoms with van der Waals surface area (Å²) in [7, 11) is 0. The molecule has 2 aliphatic heterocycles. The highest BCUT2D eigenvalue weighted by atomic mass is 32.1. The Morgan fingerprint density at radius 1 is 1.26 bits per heavy atom. The topological polar surface area (TPSA) is 57.2 Å². The number of ether oxygens (including phenoxy) is 4. The molecule has 4 atom stereocenters. The summed E-state index contributed by atoms with van der Waals surface area (Å²) in [5, 5.41) is 10.2. The van der Waals surface area contributed by atoms with E-state index in [0.717, 1.165) is 5.56 Å². The minimum Gasteiger partial charge on any atom is -0.447 e. The van der Waals surface area contributed by atoms with Gasteiger partial charge in [-0.15, -0.1) is 0 Å². The molecule has 0 amide bonds. The second-order valence-electron chi connectivity index (χ2n) is 4.48. The molecule has 19 heavy (non-hydrogen) atoms. The summed E-state index contributed by atoms with van der Waals surface area (Å²) in [5.74, 6) is 0. The Kier molecular flexibility index (Phi) is 3.65. The molecule has 2 heterocycles. The molecular formula is C13H14O5S. The van der Waals surface area contributed by atoms with Gasteiger partial charge in [0.2, 0.25) is 0 Å². The van der Waals surface area contributed by atoms with Crippen LogP contribution in [0.3, 0.4) is 0 Å². The Morgan fingerprint density at radius 3 is 2.84 bits per heavy atom. The van der Waals surface area contributed by atoms with Crippen molar-refractivity contribution in [2.45, 2.75) is 31.2 Å². The van der Waals surface area contributed by atoms with E-state index in [9.17, 15) is 5.11 Å². The van der Waals surface area contributed by atoms with Crippen LogP contribution in [0.4, 0.5) is 0 Å². The summed E-state index contributed by atoms with van der Waals surface area (Å²) in [4.78, 5) is 0. The number of hydrogen-bond donors (Lipinski definition) is 1. The molecule has 2 saturated heterocycles. The standard InChI is InChI=1S/C13H14O5S/c14-10-11-9(17-13(19)18-11)7-16-12(10)15-6-8-4-2-1-3-5-8/h1-5,9-12,14H,6-7H2/t9-,10+,11-,12-/m0/s1. The predicted octanol–water partition coefficient (Wildman–Crippen LogP) is 0.989. The average molecular weight is 282 g/mol. The van der Waals surface area contributed by atoms with Crippen LogP contribution in [0.2, 0.25) is 0 Å². The summed E-state index contributed by atoms with van der Waals surface area (Å²) < 4.78 is 21.5. The lowest BCUT2D eigenvalue weighted by Gasteiger charge is -2.33. The molecule has 1 aromatic carbocycles. The van der Waals surface area contributed by atoms with Crippen LogP contribution in [0.25, 0.3) is 0 Å². The number of fused-ring (bicyclic) bond motifs is 1. The molecule has 5 nitrogen and oxygen atoms in total. The number of aliphatic hydroxyl groups excluding tert-OH is 1. The van der Waals surface area contributed by atoms with Crippen LogP contribution < -0.4 is 0 Å². The van der Waals surface area contributed by atoms with Crippen molar-refractivity contribution in [3.63, 3.8) is 0 Å². The summed E-state index contributed by atoms with van der Waals surface area (Å²) >= 11 is 4.81. The molecule has 2 aliphatic rings. The Labute approximate surface area is 116 Å². The van der Waals surface area contributed by atoms with Gasteiger partial charge in [-0.2, -0.15) is 0 Å². The maximum absolute atomic E-state index is 10.1. The second-order valence-corrected chi connectivity index (χ2v) is 4.81.